The summed E-state index contributed by atoms with van der Waals surface area (Å²) in [6.07, 6.45) is -4.73. The van der Waals surface area contributed by atoms with Gasteiger partial charge < -0.3 is 15.0 Å². The van der Waals surface area contributed by atoms with Crippen LogP contribution in [0.5, 0.6) is 0 Å². The predicted molar refractivity (Wildman–Crippen MR) is 101 cm³/mol. The van der Waals surface area contributed by atoms with Gasteiger partial charge in [-0.3, -0.25) is 4.79 Å². The number of rotatable bonds is 4. The third-order valence-corrected chi connectivity index (χ3v) is 3.97. The van der Waals surface area contributed by atoms with Crippen LogP contribution in [0.1, 0.15) is 57.1 Å². The minimum atomic E-state index is -4.44. The van der Waals surface area contributed by atoms with Crippen LogP contribution in [0.3, 0.4) is 0 Å². The quantitative estimate of drug-likeness (QED) is 0.596. The standard InChI is InChI=1S/C21H21F3N2O3/c1-12(2)29-20(28)17-13(3)18(26-14(17)4)19(27)25-10-6-8-15-7-5-9-16(11-15)21(22,23)24/h5,7,9,11-12,26H,10H2,1-4H3,(H,25,27). The van der Waals surface area contributed by atoms with Gasteiger partial charge in [0.2, 0.25) is 0 Å². The van der Waals surface area contributed by atoms with E-state index in [1.165, 1.54) is 12.1 Å². The molecule has 154 valence electrons. The number of nitrogens with one attached hydrogen (secondary N) is 2. The van der Waals surface area contributed by atoms with Gasteiger partial charge in [0.1, 0.15) is 5.69 Å². The smallest absolute Gasteiger partial charge is 0.416 e. The molecular formula is C21H21F3N2O3. The number of H-pyrrole nitrogens is 1. The van der Waals surface area contributed by atoms with E-state index in [2.05, 4.69) is 22.1 Å². The van der Waals surface area contributed by atoms with Gasteiger partial charge in [0.25, 0.3) is 5.91 Å². The van der Waals surface area contributed by atoms with Crippen LogP contribution >= 0.6 is 0 Å². The van der Waals surface area contributed by atoms with E-state index in [0.717, 1.165) is 12.1 Å². The summed E-state index contributed by atoms with van der Waals surface area (Å²) >= 11 is 0. The number of carbonyl (C=O) groups is 2. The van der Waals surface area contributed by atoms with Crippen molar-refractivity contribution in [2.75, 3.05) is 6.54 Å². The maximum Gasteiger partial charge on any atom is 0.416 e. The average molecular weight is 406 g/mol. The van der Waals surface area contributed by atoms with Crippen LogP contribution in [0.15, 0.2) is 24.3 Å². The molecule has 29 heavy (non-hydrogen) atoms. The van der Waals surface area contributed by atoms with Gasteiger partial charge in [-0.15, -0.1) is 0 Å². The molecular weight excluding hydrogens is 385 g/mol. The van der Waals surface area contributed by atoms with Gasteiger partial charge in [-0.05, 0) is 51.5 Å². The molecule has 0 bridgehead atoms. The molecule has 0 spiro atoms. The Morgan fingerprint density at radius 1 is 1.24 bits per heavy atom. The van der Waals surface area contributed by atoms with Crippen molar-refractivity contribution in [1.29, 1.82) is 0 Å². The lowest BCUT2D eigenvalue weighted by Crippen LogP contribution is -2.24. The summed E-state index contributed by atoms with van der Waals surface area (Å²) in [6.45, 7) is 6.67. The van der Waals surface area contributed by atoms with E-state index < -0.39 is 23.6 Å². The summed E-state index contributed by atoms with van der Waals surface area (Å²) < 4.78 is 43.3. The summed E-state index contributed by atoms with van der Waals surface area (Å²) in [7, 11) is 0. The summed E-state index contributed by atoms with van der Waals surface area (Å²) in [5, 5.41) is 2.56. The number of alkyl halides is 3. The third kappa shape index (κ3) is 5.64. The second kappa shape index (κ2) is 8.86. The molecule has 0 saturated heterocycles. The zero-order valence-corrected chi connectivity index (χ0v) is 16.5. The lowest BCUT2D eigenvalue weighted by atomic mass is 10.1. The monoisotopic (exact) mass is 406 g/mol. The lowest BCUT2D eigenvalue weighted by molar-refractivity contribution is -0.137. The summed E-state index contributed by atoms with van der Waals surface area (Å²) in [6, 6.07) is 4.63. The van der Waals surface area contributed by atoms with Gasteiger partial charge >= 0.3 is 12.1 Å². The second-order valence-corrected chi connectivity index (χ2v) is 6.64. The summed E-state index contributed by atoms with van der Waals surface area (Å²) in [5.41, 5.74) is 0.883. The molecule has 0 aliphatic rings. The molecule has 2 rings (SSSR count). The fraction of sp³-hybridized carbons (Fsp3) is 0.333. The molecule has 2 N–H and O–H groups in total. The molecule has 0 aliphatic carbocycles. The molecule has 0 unspecified atom stereocenters. The highest BCUT2D eigenvalue weighted by atomic mass is 19.4. The van der Waals surface area contributed by atoms with Gasteiger partial charge in [0.15, 0.2) is 0 Å². The number of carbonyl (C=O) groups excluding carboxylic acids is 2. The van der Waals surface area contributed by atoms with Crippen molar-refractivity contribution in [3.8, 4) is 11.8 Å². The van der Waals surface area contributed by atoms with E-state index in [1.807, 2.05) is 0 Å². The highest BCUT2D eigenvalue weighted by Crippen LogP contribution is 2.29. The van der Waals surface area contributed by atoms with E-state index in [1.54, 1.807) is 27.7 Å². The Bertz CT molecular complexity index is 979. The van der Waals surface area contributed by atoms with Crippen LogP contribution in [0.4, 0.5) is 13.2 Å². The summed E-state index contributed by atoms with van der Waals surface area (Å²) in [5.74, 6) is 4.20. The maximum atomic E-state index is 12.7. The molecule has 0 atom stereocenters. The van der Waals surface area contributed by atoms with Gasteiger partial charge in [0.05, 0.1) is 23.8 Å². The number of benzene rings is 1. The first-order valence-corrected chi connectivity index (χ1v) is 8.85. The second-order valence-electron chi connectivity index (χ2n) is 6.64. The van der Waals surface area contributed by atoms with E-state index in [-0.39, 0.29) is 23.9 Å². The van der Waals surface area contributed by atoms with Gasteiger partial charge in [-0.25, -0.2) is 4.79 Å². The minimum absolute atomic E-state index is 0.0711. The van der Waals surface area contributed by atoms with Crippen molar-refractivity contribution in [2.24, 2.45) is 0 Å². The topological polar surface area (TPSA) is 71.2 Å². The van der Waals surface area contributed by atoms with E-state index >= 15 is 0 Å². The largest absolute Gasteiger partial charge is 0.459 e. The Labute approximate surface area is 166 Å². The number of hydrogen-bond donors (Lipinski definition) is 2. The molecule has 0 fully saturated rings. The Hall–Kier alpha value is -3.21. The SMILES string of the molecule is Cc1[nH]c(C(=O)NCC#Cc2cccc(C(F)(F)F)c2)c(C)c1C(=O)OC(C)C. The lowest BCUT2D eigenvalue weighted by Gasteiger charge is -2.08. The van der Waals surface area contributed by atoms with E-state index in [4.69, 9.17) is 4.74 Å². The number of aromatic nitrogens is 1. The summed E-state index contributed by atoms with van der Waals surface area (Å²) in [4.78, 5) is 27.4. The zero-order valence-electron chi connectivity index (χ0n) is 16.5. The fourth-order valence-corrected chi connectivity index (χ4v) is 2.69. The van der Waals surface area contributed by atoms with E-state index in [0.29, 0.717) is 16.8 Å². The number of amides is 1. The third-order valence-electron chi connectivity index (χ3n) is 3.97. The molecule has 0 saturated carbocycles. The fourth-order valence-electron chi connectivity index (χ4n) is 2.69. The predicted octanol–water partition coefficient (Wildman–Crippen LogP) is 4.00. The van der Waals surface area contributed by atoms with Crippen molar-refractivity contribution in [2.45, 2.75) is 40.0 Å². The minimum Gasteiger partial charge on any atom is -0.459 e. The Morgan fingerprint density at radius 2 is 1.93 bits per heavy atom. The van der Waals surface area contributed by atoms with Crippen LogP contribution in [0.25, 0.3) is 0 Å². The van der Waals surface area contributed by atoms with Crippen LogP contribution in [-0.4, -0.2) is 29.5 Å². The molecule has 0 aliphatic heterocycles. The first-order chi connectivity index (χ1) is 13.5. The normalized spacial score (nSPS) is 11.0. The average Bonchev–Trinajstić information content (AvgIpc) is 2.92. The van der Waals surface area contributed by atoms with Gasteiger partial charge in [-0.1, -0.05) is 17.9 Å². The van der Waals surface area contributed by atoms with Crippen LogP contribution in [0.2, 0.25) is 0 Å². The van der Waals surface area contributed by atoms with Crippen LogP contribution < -0.4 is 5.32 Å². The molecule has 2 aromatic rings. The van der Waals surface area contributed by atoms with Crippen molar-refractivity contribution < 1.29 is 27.5 Å². The van der Waals surface area contributed by atoms with E-state index in [9.17, 15) is 22.8 Å². The first kappa shape index (κ1) is 22.1. The number of ether oxygens (including phenoxy) is 1. The van der Waals surface area contributed by atoms with Gasteiger partial charge in [-0.2, -0.15) is 13.2 Å². The molecule has 1 heterocycles. The zero-order chi connectivity index (χ0) is 21.8. The molecule has 1 amide bonds. The van der Waals surface area contributed by atoms with Crippen LogP contribution in [0, 0.1) is 25.7 Å². The molecule has 1 aromatic heterocycles. The molecule has 1 aromatic carbocycles. The van der Waals surface area contributed by atoms with Crippen molar-refractivity contribution in [3.63, 3.8) is 0 Å². The molecule has 5 nitrogen and oxygen atoms in total. The number of aryl methyl sites for hydroxylation is 1. The van der Waals surface area contributed by atoms with Crippen LogP contribution in [-0.2, 0) is 10.9 Å². The highest BCUT2D eigenvalue weighted by Gasteiger charge is 2.30. The Balaban J connectivity index is 2.06. The number of halogens is 3. The number of hydrogen-bond acceptors (Lipinski definition) is 3. The van der Waals surface area contributed by atoms with Crippen molar-refractivity contribution in [1.82, 2.24) is 10.3 Å². The number of aromatic amines is 1. The first-order valence-electron chi connectivity index (χ1n) is 8.85. The number of esters is 1. The Morgan fingerprint density at radius 3 is 2.55 bits per heavy atom. The maximum absolute atomic E-state index is 12.7. The molecule has 8 heteroatoms. The van der Waals surface area contributed by atoms with Crippen molar-refractivity contribution in [3.05, 3.63) is 57.9 Å². The highest BCUT2D eigenvalue weighted by molar-refractivity contribution is 6.00. The van der Waals surface area contributed by atoms with Crippen molar-refractivity contribution >= 4 is 11.9 Å². The Kier molecular flexibility index (Phi) is 6.75. The molecule has 0 radical (unpaired) electrons. The van der Waals surface area contributed by atoms with Gasteiger partial charge in [0, 0.05) is 11.3 Å².